The van der Waals surface area contributed by atoms with E-state index in [4.69, 9.17) is 23.5 Å². The number of cyclic esters (lactones) is 1. The molecule has 0 aliphatic carbocycles. The van der Waals surface area contributed by atoms with Crippen molar-refractivity contribution in [2.75, 3.05) is 0 Å². The lowest BCUT2D eigenvalue weighted by Gasteiger charge is -2.34. The van der Waals surface area contributed by atoms with Gasteiger partial charge in [-0.3, -0.25) is 0 Å². The highest BCUT2D eigenvalue weighted by atomic mass is 16.7. The Labute approximate surface area is 155 Å². The molecule has 2 heterocycles. The van der Waals surface area contributed by atoms with E-state index in [1.165, 1.54) is 0 Å². The lowest BCUT2D eigenvalue weighted by Crippen LogP contribution is -2.45. The van der Waals surface area contributed by atoms with Gasteiger partial charge in [0.25, 0.3) is 0 Å². The van der Waals surface area contributed by atoms with Gasteiger partial charge in [-0.25, -0.2) is 4.79 Å². The SMILES string of the molecule is CC(C)Oc1ccc(B2OC(C)(C)C(C)(C)O2)c2c1C(=O)OC(C)(C)O2. The number of carbonyl (C=O) groups is 1. The van der Waals surface area contributed by atoms with E-state index in [0.29, 0.717) is 17.0 Å². The molecular weight excluding hydrogens is 335 g/mol. The molecule has 1 aromatic carbocycles. The first-order valence-corrected chi connectivity index (χ1v) is 8.94. The fourth-order valence-electron chi connectivity index (χ4n) is 2.93. The summed E-state index contributed by atoms with van der Waals surface area (Å²) in [6.07, 6.45) is -0.0930. The predicted molar refractivity (Wildman–Crippen MR) is 98.0 cm³/mol. The average Bonchev–Trinajstić information content (AvgIpc) is 2.64. The standard InChI is InChI=1S/C19H27BO6/c1-11(2)22-13-10-9-12(20-25-17(3,4)18(5,6)26-20)15-14(13)16(21)24-19(7,8)23-15/h9-11H,1-8H3. The summed E-state index contributed by atoms with van der Waals surface area (Å²) in [7, 11) is -0.649. The van der Waals surface area contributed by atoms with E-state index in [0.717, 1.165) is 0 Å². The average molecular weight is 362 g/mol. The number of carbonyl (C=O) groups excluding carboxylic acids is 1. The second kappa shape index (κ2) is 5.89. The summed E-state index contributed by atoms with van der Waals surface area (Å²) in [4.78, 5) is 12.7. The van der Waals surface area contributed by atoms with Crippen LogP contribution < -0.4 is 14.9 Å². The van der Waals surface area contributed by atoms with E-state index in [1.807, 2.05) is 47.6 Å². The van der Waals surface area contributed by atoms with E-state index in [9.17, 15) is 4.79 Å². The van der Waals surface area contributed by atoms with Crippen LogP contribution >= 0.6 is 0 Å². The molecule has 142 valence electrons. The molecule has 1 fully saturated rings. The number of hydrogen-bond donors (Lipinski definition) is 0. The van der Waals surface area contributed by atoms with Crippen LogP contribution in [0.1, 0.15) is 65.7 Å². The van der Waals surface area contributed by atoms with Crippen LogP contribution in [0.4, 0.5) is 0 Å². The summed E-state index contributed by atoms with van der Waals surface area (Å²) < 4.78 is 29.5. The molecule has 26 heavy (non-hydrogen) atoms. The lowest BCUT2D eigenvalue weighted by molar-refractivity contribution is -0.127. The molecule has 3 rings (SSSR count). The predicted octanol–water partition coefficient (Wildman–Crippen LogP) is 3.06. The second-order valence-electron chi connectivity index (χ2n) is 8.50. The molecule has 0 aromatic heterocycles. The van der Waals surface area contributed by atoms with Gasteiger partial charge in [-0.05, 0) is 47.6 Å². The maximum atomic E-state index is 12.7. The molecule has 2 aliphatic rings. The van der Waals surface area contributed by atoms with Crippen molar-refractivity contribution in [2.45, 2.75) is 78.5 Å². The summed E-state index contributed by atoms with van der Waals surface area (Å²) in [5.74, 6) is -0.747. The Morgan fingerprint density at radius 2 is 1.54 bits per heavy atom. The van der Waals surface area contributed by atoms with Crippen LogP contribution in [0.5, 0.6) is 11.5 Å². The van der Waals surface area contributed by atoms with Crippen molar-refractivity contribution in [3.63, 3.8) is 0 Å². The quantitative estimate of drug-likeness (QED) is 0.608. The second-order valence-corrected chi connectivity index (χ2v) is 8.50. The number of benzene rings is 1. The molecule has 6 nitrogen and oxygen atoms in total. The molecular formula is C19H27BO6. The van der Waals surface area contributed by atoms with Gasteiger partial charge in [-0.15, -0.1) is 0 Å². The van der Waals surface area contributed by atoms with Crippen molar-refractivity contribution in [1.29, 1.82) is 0 Å². The maximum absolute atomic E-state index is 12.7. The topological polar surface area (TPSA) is 63.2 Å². The summed E-state index contributed by atoms with van der Waals surface area (Å²) in [5, 5.41) is 0. The van der Waals surface area contributed by atoms with Gasteiger partial charge in [0.05, 0.1) is 17.3 Å². The Morgan fingerprint density at radius 1 is 0.962 bits per heavy atom. The van der Waals surface area contributed by atoms with Crippen LogP contribution in [0.2, 0.25) is 0 Å². The smallest absolute Gasteiger partial charge is 0.490 e. The van der Waals surface area contributed by atoms with Crippen molar-refractivity contribution in [3.8, 4) is 11.5 Å². The van der Waals surface area contributed by atoms with E-state index in [1.54, 1.807) is 19.9 Å². The highest BCUT2D eigenvalue weighted by Gasteiger charge is 2.53. The first-order valence-electron chi connectivity index (χ1n) is 8.94. The van der Waals surface area contributed by atoms with Gasteiger partial charge < -0.3 is 23.5 Å². The van der Waals surface area contributed by atoms with Gasteiger partial charge in [0.2, 0.25) is 5.79 Å². The van der Waals surface area contributed by atoms with Gasteiger partial charge in [0.15, 0.2) is 0 Å². The zero-order chi connectivity index (χ0) is 19.5. The highest BCUT2D eigenvalue weighted by molar-refractivity contribution is 6.63. The Balaban J connectivity index is 2.11. The molecule has 1 aromatic rings. The van der Waals surface area contributed by atoms with Crippen molar-refractivity contribution >= 4 is 18.6 Å². The van der Waals surface area contributed by atoms with Gasteiger partial charge >= 0.3 is 13.1 Å². The van der Waals surface area contributed by atoms with E-state index in [2.05, 4.69) is 0 Å². The Bertz CT molecular complexity index is 722. The van der Waals surface area contributed by atoms with Crippen LogP contribution in [0, 0.1) is 0 Å². The molecule has 0 saturated carbocycles. The van der Waals surface area contributed by atoms with Crippen LogP contribution in [0.3, 0.4) is 0 Å². The molecule has 0 spiro atoms. The van der Waals surface area contributed by atoms with Gasteiger partial charge in [-0.2, -0.15) is 0 Å². The van der Waals surface area contributed by atoms with Crippen molar-refractivity contribution in [1.82, 2.24) is 0 Å². The molecule has 1 saturated heterocycles. The van der Waals surface area contributed by atoms with Crippen LogP contribution in [0.15, 0.2) is 12.1 Å². The first kappa shape index (κ1) is 19.0. The molecule has 0 radical (unpaired) electrons. The van der Waals surface area contributed by atoms with Gasteiger partial charge in [0.1, 0.15) is 17.1 Å². The number of rotatable bonds is 3. The maximum Gasteiger partial charge on any atom is 0.498 e. The van der Waals surface area contributed by atoms with Crippen molar-refractivity contribution in [3.05, 3.63) is 17.7 Å². The molecule has 0 N–H and O–H groups in total. The summed E-state index contributed by atoms with van der Waals surface area (Å²) >= 11 is 0. The third-order valence-corrected chi connectivity index (χ3v) is 4.91. The molecule has 7 heteroatoms. The monoisotopic (exact) mass is 362 g/mol. The van der Waals surface area contributed by atoms with Crippen LogP contribution in [-0.2, 0) is 14.0 Å². The molecule has 0 unspecified atom stereocenters. The Kier molecular flexibility index (Phi) is 4.32. The van der Waals surface area contributed by atoms with E-state index < -0.39 is 30.1 Å². The van der Waals surface area contributed by atoms with Gasteiger partial charge in [-0.1, -0.05) is 6.07 Å². The summed E-state index contributed by atoms with van der Waals surface area (Å²) in [6.45, 7) is 15.1. The zero-order valence-corrected chi connectivity index (χ0v) is 16.8. The minimum Gasteiger partial charge on any atom is -0.490 e. The third kappa shape index (κ3) is 3.18. The number of esters is 1. The highest BCUT2D eigenvalue weighted by Crippen LogP contribution is 2.41. The normalized spacial score (nSPS) is 22.7. The molecule has 2 aliphatic heterocycles. The molecule has 0 bridgehead atoms. The zero-order valence-electron chi connectivity index (χ0n) is 16.8. The van der Waals surface area contributed by atoms with Crippen LogP contribution in [0.25, 0.3) is 0 Å². The van der Waals surface area contributed by atoms with E-state index >= 15 is 0 Å². The summed E-state index contributed by atoms with van der Waals surface area (Å²) in [5.41, 5.74) is -0.0743. The molecule has 0 atom stereocenters. The minimum absolute atomic E-state index is 0.0930. The third-order valence-electron chi connectivity index (χ3n) is 4.91. The fraction of sp³-hybridized carbons (Fsp3) is 0.632. The minimum atomic E-state index is -1.08. The Morgan fingerprint density at radius 3 is 2.08 bits per heavy atom. The van der Waals surface area contributed by atoms with Crippen LogP contribution in [-0.4, -0.2) is 36.2 Å². The largest absolute Gasteiger partial charge is 0.498 e. The number of ether oxygens (including phenoxy) is 3. The van der Waals surface area contributed by atoms with Gasteiger partial charge in [0, 0.05) is 19.3 Å². The van der Waals surface area contributed by atoms with E-state index in [-0.39, 0.29) is 11.7 Å². The number of hydrogen-bond acceptors (Lipinski definition) is 6. The Hall–Kier alpha value is -1.73. The first-order chi connectivity index (χ1) is 11.8. The lowest BCUT2D eigenvalue weighted by atomic mass is 9.77. The fourth-order valence-corrected chi connectivity index (χ4v) is 2.93. The van der Waals surface area contributed by atoms with Crippen molar-refractivity contribution in [2.24, 2.45) is 0 Å². The van der Waals surface area contributed by atoms with Crippen molar-refractivity contribution < 1.29 is 28.3 Å². The number of fused-ring (bicyclic) bond motifs is 1. The molecule has 0 amide bonds. The summed E-state index contributed by atoms with van der Waals surface area (Å²) in [6, 6.07) is 3.56.